The zero-order valence-corrected chi connectivity index (χ0v) is 17.9. The molecule has 0 unspecified atom stereocenters. The predicted octanol–water partition coefficient (Wildman–Crippen LogP) is 5.30. The number of nitrogens with zero attached hydrogens (tertiary/aromatic N) is 2. The maximum Gasteiger partial charge on any atom is 0.272 e. The van der Waals surface area contributed by atoms with Gasteiger partial charge >= 0.3 is 0 Å². The first-order chi connectivity index (χ1) is 15.0. The summed E-state index contributed by atoms with van der Waals surface area (Å²) in [5, 5.41) is 9.62. The van der Waals surface area contributed by atoms with E-state index in [-0.39, 0.29) is 5.57 Å². The fourth-order valence-corrected chi connectivity index (χ4v) is 4.34. The molecule has 31 heavy (non-hydrogen) atoms. The van der Waals surface area contributed by atoms with E-state index in [1.54, 1.807) is 72.8 Å². The molecular formula is C24H15ClN2O3S. The SMILES string of the molecule is COc1ccccc1C1=C(Sc2ccc(Cl)cc2)C(=O)N(c2ccc(C#N)cc2)C1=O. The Hall–Kier alpha value is -3.53. The first-order valence-corrected chi connectivity index (χ1v) is 10.4. The zero-order valence-electron chi connectivity index (χ0n) is 16.3. The lowest BCUT2D eigenvalue weighted by Gasteiger charge is -2.15. The van der Waals surface area contributed by atoms with E-state index in [0.29, 0.717) is 32.5 Å². The Balaban J connectivity index is 1.84. The van der Waals surface area contributed by atoms with Crippen LogP contribution in [0.4, 0.5) is 5.69 Å². The van der Waals surface area contributed by atoms with Crippen LogP contribution in [0.5, 0.6) is 5.75 Å². The minimum Gasteiger partial charge on any atom is -0.496 e. The molecule has 0 saturated heterocycles. The van der Waals surface area contributed by atoms with E-state index < -0.39 is 11.8 Å². The third kappa shape index (κ3) is 3.93. The van der Waals surface area contributed by atoms with Gasteiger partial charge < -0.3 is 4.74 Å². The molecule has 0 spiro atoms. The van der Waals surface area contributed by atoms with Crippen molar-refractivity contribution in [3.8, 4) is 11.8 Å². The van der Waals surface area contributed by atoms with Gasteiger partial charge in [0, 0.05) is 15.5 Å². The van der Waals surface area contributed by atoms with Gasteiger partial charge in [0.1, 0.15) is 5.75 Å². The second kappa shape index (κ2) is 8.68. The second-order valence-corrected chi connectivity index (χ2v) is 8.08. The first kappa shape index (κ1) is 20.7. The van der Waals surface area contributed by atoms with Crippen LogP contribution in [0, 0.1) is 11.3 Å². The fraction of sp³-hybridized carbons (Fsp3) is 0.0417. The molecule has 5 nitrogen and oxygen atoms in total. The van der Waals surface area contributed by atoms with Crippen molar-refractivity contribution in [2.75, 3.05) is 12.0 Å². The predicted molar refractivity (Wildman–Crippen MR) is 121 cm³/mol. The fourth-order valence-electron chi connectivity index (χ4n) is 3.23. The van der Waals surface area contributed by atoms with Gasteiger partial charge in [-0.1, -0.05) is 41.6 Å². The molecule has 0 atom stereocenters. The maximum atomic E-state index is 13.5. The third-order valence-corrected chi connectivity index (χ3v) is 6.05. The van der Waals surface area contributed by atoms with E-state index in [4.69, 9.17) is 21.6 Å². The third-order valence-electron chi connectivity index (χ3n) is 4.71. The standard InChI is InChI=1S/C24H15ClN2O3S/c1-30-20-5-3-2-4-19(20)21-22(31-18-12-8-16(25)9-13-18)24(29)27(23(21)28)17-10-6-15(14-26)7-11-17/h2-13H,1H3. The van der Waals surface area contributed by atoms with Crippen LogP contribution in [-0.2, 0) is 9.59 Å². The number of imide groups is 1. The Morgan fingerprint density at radius 3 is 2.26 bits per heavy atom. The molecule has 7 heteroatoms. The summed E-state index contributed by atoms with van der Waals surface area (Å²) in [5.41, 5.74) is 1.65. The van der Waals surface area contributed by atoms with E-state index >= 15 is 0 Å². The Labute approximate surface area is 188 Å². The van der Waals surface area contributed by atoms with E-state index in [0.717, 1.165) is 9.80 Å². The van der Waals surface area contributed by atoms with Gasteiger partial charge in [-0.3, -0.25) is 9.59 Å². The number of amides is 2. The average molecular weight is 447 g/mol. The number of rotatable bonds is 5. The quantitative estimate of drug-likeness (QED) is 0.497. The number of anilines is 1. The number of para-hydroxylation sites is 1. The molecule has 2 amide bonds. The molecule has 0 N–H and O–H groups in total. The van der Waals surface area contributed by atoms with Gasteiger partial charge in [0.05, 0.1) is 34.9 Å². The molecular weight excluding hydrogens is 432 g/mol. The smallest absolute Gasteiger partial charge is 0.272 e. The molecule has 0 saturated carbocycles. The molecule has 3 aromatic carbocycles. The molecule has 152 valence electrons. The van der Waals surface area contributed by atoms with E-state index in [1.165, 1.54) is 18.9 Å². The minimum atomic E-state index is -0.448. The van der Waals surface area contributed by atoms with Gasteiger partial charge in [0.25, 0.3) is 11.8 Å². The van der Waals surface area contributed by atoms with E-state index in [1.807, 2.05) is 6.07 Å². The molecule has 0 radical (unpaired) electrons. The largest absolute Gasteiger partial charge is 0.496 e. The molecule has 0 bridgehead atoms. The Morgan fingerprint density at radius 2 is 1.61 bits per heavy atom. The molecule has 4 rings (SSSR count). The van der Waals surface area contributed by atoms with Crippen LogP contribution in [0.3, 0.4) is 0 Å². The van der Waals surface area contributed by atoms with Crippen LogP contribution >= 0.6 is 23.4 Å². The average Bonchev–Trinajstić information content (AvgIpc) is 3.04. The van der Waals surface area contributed by atoms with Crippen LogP contribution in [0.2, 0.25) is 5.02 Å². The number of hydrogen-bond acceptors (Lipinski definition) is 5. The van der Waals surface area contributed by atoms with Crippen LogP contribution in [-0.4, -0.2) is 18.9 Å². The number of halogens is 1. The number of carbonyl (C=O) groups excluding carboxylic acids is 2. The summed E-state index contributed by atoms with van der Waals surface area (Å²) in [7, 11) is 1.52. The van der Waals surface area contributed by atoms with E-state index in [9.17, 15) is 9.59 Å². The van der Waals surface area contributed by atoms with Gasteiger partial charge in [-0.25, -0.2) is 4.90 Å². The number of benzene rings is 3. The van der Waals surface area contributed by atoms with Crippen molar-refractivity contribution in [3.05, 3.63) is 93.9 Å². The lowest BCUT2D eigenvalue weighted by Crippen LogP contribution is -2.31. The number of ether oxygens (including phenoxy) is 1. The van der Waals surface area contributed by atoms with Crippen molar-refractivity contribution in [2.24, 2.45) is 0 Å². The lowest BCUT2D eigenvalue weighted by atomic mass is 10.0. The van der Waals surface area contributed by atoms with Gasteiger partial charge in [0.15, 0.2) is 0 Å². The molecule has 1 aliphatic heterocycles. The lowest BCUT2D eigenvalue weighted by molar-refractivity contribution is -0.119. The Morgan fingerprint density at radius 1 is 0.935 bits per heavy atom. The van der Waals surface area contributed by atoms with Crippen molar-refractivity contribution in [2.45, 2.75) is 4.90 Å². The summed E-state index contributed by atoms with van der Waals surface area (Å²) in [6.07, 6.45) is 0. The molecule has 0 aromatic heterocycles. The maximum absolute atomic E-state index is 13.5. The van der Waals surface area contributed by atoms with Gasteiger partial charge in [0.2, 0.25) is 0 Å². The number of methoxy groups -OCH3 is 1. The van der Waals surface area contributed by atoms with Crippen molar-refractivity contribution in [1.29, 1.82) is 5.26 Å². The topological polar surface area (TPSA) is 70.4 Å². The summed E-state index contributed by atoms with van der Waals surface area (Å²) in [6.45, 7) is 0. The number of hydrogen-bond donors (Lipinski definition) is 0. The van der Waals surface area contributed by atoms with Crippen LogP contribution in [0.15, 0.2) is 82.6 Å². The highest BCUT2D eigenvalue weighted by Crippen LogP contribution is 2.43. The van der Waals surface area contributed by atoms with Gasteiger partial charge in [-0.05, 0) is 54.6 Å². The second-order valence-electron chi connectivity index (χ2n) is 6.56. The highest BCUT2D eigenvalue weighted by Gasteiger charge is 2.41. The number of nitriles is 1. The number of thioether (sulfide) groups is 1. The Bertz CT molecular complexity index is 1250. The molecule has 0 fully saturated rings. The molecule has 0 aliphatic carbocycles. The van der Waals surface area contributed by atoms with Gasteiger partial charge in [-0.2, -0.15) is 5.26 Å². The number of carbonyl (C=O) groups is 2. The summed E-state index contributed by atoms with van der Waals surface area (Å²) < 4.78 is 5.45. The van der Waals surface area contributed by atoms with Crippen LogP contribution < -0.4 is 9.64 Å². The van der Waals surface area contributed by atoms with Crippen LogP contribution in [0.1, 0.15) is 11.1 Å². The summed E-state index contributed by atoms with van der Waals surface area (Å²) in [6, 6.07) is 22.5. The molecule has 3 aromatic rings. The monoisotopic (exact) mass is 446 g/mol. The minimum absolute atomic E-state index is 0.270. The van der Waals surface area contributed by atoms with Crippen molar-refractivity contribution in [1.82, 2.24) is 0 Å². The van der Waals surface area contributed by atoms with Crippen molar-refractivity contribution in [3.63, 3.8) is 0 Å². The highest BCUT2D eigenvalue weighted by molar-refractivity contribution is 8.04. The summed E-state index contributed by atoms with van der Waals surface area (Å²) >= 11 is 7.18. The van der Waals surface area contributed by atoms with Gasteiger partial charge in [-0.15, -0.1) is 0 Å². The molecule has 1 heterocycles. The van der Waals surface area contributed by atoms with Crippen LogP contribution in [0.25, 0.3) is 5.57 Å². The normalized spacial score (nSPS) is 13.5. The first-order valence-electron chi connectivity index (χ1n) is 9.23. The van der Waals surface area contributed by atoms with E-state index in [2.05, 4.69) is 0 Å². The van der Waals surface area contributed by atoms with Crippen molar-refractivity contribution < 1.29 is 14.3 Å². The van der Waals surface area contributed by atoms with Crippen molar-refractivity contribution >= 4 is 46.4 Å². The Kier molecular flexibility index (Phi) is 5.81. The summed E-state index contributed by atoms with van der Waals surface area (Å²) in [5.74, 6) is -0.388. The molecule has 1 aliphatic rings. The zero-order chi connectivity index (χ0) is 22.0. The summed E-state index contributed by atoms with van der Waals surface area (Å²) in [4.78, 5) is 29.1. The highest BCUT2D eigenvalue weighted by atomic mass is 35.5.